The largest absolute Gasteiger partial charge is 0.481 e. The minimum atomic E-state index is -4.05. The number of amides is 1. The first-order valence-corrected chi connectivity index (χ1v) is 12.7. The van der Waals surface area contributed by atoms with Gasteiger partial charge in [0.25, 0.3) is 10.0 Å². The van der Waals surface area contributed by atoms with Crippen LogP contribution >= 0.6 is 0 Å². The van der Waals surface area contributed by atoms with Crippen molar-refractivity contribution < 1.29 is 22.3 Å². The van der Waals surface area contributed by atoms with E-state index in [-0.39, 0.29) is 23.7 Å². The molecule has 3 N–H and O–H groups in total. The number of pyridine rings is 1. The fourth-order valence-electron chi connectivity index (χ4n) is 3.27. The molecule has 0 saturated carbocycles. The highest BCUT2D eigenvalue weighted by molar-refractivity contribution is 7.90. The summed E-state index contributed by atoms with van der Waals surface area (Å²) in [5, 5.41) is 6.02. The van der Waals surface area contributed by atoms with Crippen LogP contribution in [0.4, 0.5) is 27.4 Å². The number of benzene rings is 2. The molecular formula is C26H27FN4O4S. The van der Waals surface area contributed by atoms with Gasteiger partial charge in [-0.3, -0.25) is 4.79 Å². The van der Waals surface area contributed by atoms with Gasteiger partial charge in [-0.25, -0.2) is 22.5 Å². The minimum Gasteiger partial charge on any atom is -0.481 e. The summed E-state index contributed by atoms with van der Waals surface area (Å²) in [5.41, 5.74) is 2.07. The van der Waals surface area contributed by atoms with E-state index in [0.717, 1.165) is 0 Å². The third-order valence-corrected chi connectivity index (χ3v) is 6.70. The van der Waals surface area contributed by atoms with E-state index in [1.165, 1.54) is 12.1 Å². The van der Waals surface area contributed by atoms with Gasteiger partial charge in [-0.1, -0.05) is 25.8 Å². The van der Waals surface area contributed by atoms with Gasteiger partial charge < -0.3 is 15.4 Å². The average Bonchev–Trinajstić information content (AvgIpc) is 2.86. The number of ether oxygens (including phenoxy) is 1. The highest BCUT2D eigenvalue weighted by Crippen LogP contribution is 2.28. The predicted octanol–water partition coefficient (Wildman–Crippen LogP) is 4.81. The van der Waals surface area contributed by atoms with Gasteiger partial charge in [-0.05, 0) is 66.9 Å². The third kappa shape index (κ3) is 6.52. The molecular weight excluding hydrogens is 483 g/mol. The molecule has 3 aromatic rings. The normalized spacial score (nSPS) is 10.9. The molecule has 2 aromatic carbocycles. The maximum Gasteiger partial charge on any atom is 0.264 e. The molecule has 0 spiro atoms. The van der Waals surface area contributed by atoms with Crippen molar-refractivity contribution in [3.8, 4) is 18.1 Å². The van der Waals surface area contributed by atoms with E-state index in [2.05, 4.69) is 21.5 Å². The van der Waals surface area contributed by atoms with Crippen LogP contribution in [0.15, 0.2) is 53.4 Å². The topological polar surface area (TPSA) is 109 Å². The molecule has 10 heteroatoms. The van der Waals surface area contributed by atoms with Crippen molar-refractivity contribution in [1.29, 1.82) is 0 Å². The lowest BCUT2D eigenvalue weighted by molar-refractivity contribution is -0.119. The molecule has 0 aliphatic heterocycles. The van der Waals surface area contributed by atoms with Crippen molar-refractivity contribution in [3.05, 3.63) is 65.5 Å². The van der Waals surface area contributed by atoms with Gasteiger partial charge in [-0.15, -0.1) is 6.42 Å². The number of halogens is 1. The summed E-state index contributed by atoms with van der Waals surface area (Å²) in [4.78, 5) is 16.0. The third-order valence-electron chi connectivity index (χ3n) is 5.18. The van der Waals surface area contributed by atoms with Crippen molar-refractivity contribution in [3.63, 3.8) is 0 Å². The van der Waals surface area contributed by atoms with Crippen LogP contribution in [0.5, 0.6) is 5.75 Å². The Morgan fingerprint density at radius 3 is 2.36 bits per heavy atom. The number of nitrogens with one attached hydrogen (secondary N) is 3. The fraction of sp³-hybridized carbons (Fsp3) is 0.231. The van der Waals surface area contributed by atoms with Gasteiger partial charge in [0.05, 0.1) is 4.90 Å². The Balaban J connectivity index is 1.90. The molecule has 1 aromatic heterocycles. The van der Waals surface area contributed by atoms with Crippen LogP contribution in [-0.2, 0) is 21.2 Å². The van der Waals surface area contributed by atoms with E-state index in [0.29, 0.717) is 40.5 Å². The predicted molar refractivity (Wildman–Crippen MR) is 138 cm³/mol. The molecule has 1 heterocycles. The van der Waals surface area contributed by atoms with Gasteiger partial charge >= 0.3 is 0 Å². The van der Waals surface area contributed by atoms with Crippen molar-refractivity contribution in [2.45, 2.75) is 38.5 Å². The first-order valence-electron chi connectivity index (χ1n) is 11.2. The van der Waals surface area contributed by atoms with Crippen LogP contribution < -0.4 is 20.1 Å². The second-order valence-electron chi connectivity index (χ2n) is 7.81. The van der Waals surface area contributed by atoms with Gasteiger partial charge in [0.2, 0.25) is 5.91 Å². The Morgan fingerprint density at radius 2 is 1.72 bits per heavy atom. The summed E-state index contributed by atoms with van der Waals surface area (Å²) in [6.07, 6.45) is 5.71. The zero-order valence-corrected chi connectivity index (χ0v) is 21.0. The molecule has 0 saturated heterocycles. The van der Waals surface area contributed by atoms with E-state index in [4.69, 9.17) is 11.2 Å². The molecule has 3 rings (SSSR count). The molecule has 0 fully saturated rings. The van der Waals surface area contributed by atoms with Gasteiger partial charge in [0, 0.05) is 17.8 Å². The number of aryl methyl sites for hydroxylation is 2. The maximum absolute atomic E-state index is 14.8. The quantitative estimate of drug-likeness (QED) is 0.336. The lowest BCUT2D eigenvalue weighted by Crippen LogP contribution is -2.30. The Hall–Kier alpha value is -4.10. The summed E-state index contributed by atoms with van der Waals surface area (Å²) < 4.78 is 47.5. The Kier molecular flexibility index (Phi) is 8.51. The molecule has 0 unspecified atom stereocenters. The number of aromatic nitrogens is 1. The van der Waals surface area contributed by atoms with Crippen LogP contribution in [0, 0.1) is 25.1 Å². The average molecular weight is 511 g/mol. The summed E-state index contributed by atoms with van der Waals surface area (Å²) in [7, 11) is -4.05. The first kappa shape index (κ1) is 26.5. The SMILES string of the molecule is C#CCOc1ccc(Nc2nc(Nc3ccc(C)c(S(=O)(=O)NC(=O)CC)c3)c(CC)cc2F)cc1. The van der Waals surface area contributed by atoms with E-state index >= 15 is 0 Å². The lowest BCUT2D eigenvalue weighted by atomic mass is 10.1. The van der Waals surface area contributed by atoms with Crippen molar-refractivity contribution in [2.75, 3.05) is 17.2 Å². The summed E-state index contributed by atoms with van der Waals surface area (Å²) in [6.45, 7) is 5.20. The van der Waals surface area contributed by atoms with Gasteiger partial charge in [0.1, 0.15) is 18.2 Å². The number of carbonyl (C=O) groups is 1. The molecule has 0 atom stereocenters. The van der Waals surface area contributed by atoms with E-state index in [1.807, 2.05) is 11.6 Å². The summed E-state index contributed by atoms with van der Waals surface area (Å²) in [6, 6.07) is 12.9. The van der Waals surface area contributed by atoms with Gasteiger partial charge in [-0.2, -0.15) is 0 Å². The molecule has 0 bridgehead atoms. The van der Waals surface area contributed by atoms with E-state index in [9.17, 15) is 17.6 Å². The molecule has 0 radical (unpaired) electrons. The Morgan fingerprint density at radius 1 is 1.06 bits per heavy atom. The molecule has 188 valence electrons. The summed E-state index contributed by atoms with van der Waals surface area (Å²) >= 11 is 0. The number of sulfonamides is 1. The highest BCUT2D eigenvalue weighted by Gasteiger charge is 2.20. The highest BCUT2D eigenvalue weighted by atomic mass is 32.2. The van der Waals surface area contributed by atoms with Crippen LogP contribution in [0.1, 0.15) is 31.4 Å². The van der Waals surface area contributed by atoms with E-state index < -0.39 is 21.7 Å². The second-order valence-corrected chi connectivity index (χ2v) is 9.46. The number of nitrogens with zero attached hydrogens (tertiary/aromatic N) is 1. The number of hydrogen-bond donors (Lipinski definition) is 3. The Bertz CT molecular complexity index is 1400. The molecule has 0 aliphatic carbocycles. The number of carbonyl (C=O) groups excluding carboxylic acids is 1. The number of hydrogen-bond acceptors (Lipinski definition) is 7. The number of terminal acetylenes is 1. The fourth-order valence-corrected chi connectivity index (χ4v) is 4.60. The van der Waals surface area contributed by atoms with Crippen LogP contribution in [-0.4, -0.2) is 25.9 Å². The molecule has 36 heavy (non-hydrogen) atoms. The monoisotopic (exact) mass is 510 g/mol. The zero-order valence-electron chi connectivity index (χ0n) is 20.2. The standard InChI is InChI=1S/C26H27FN4O4S/c1-5-14-35-21-12-10-19(11-13-21)28-26-22(27)15-18(6-2)25(30-26)29-20-9-8-17(4)23(16-20)36(33,34)31-24(32)7-3/h1,8-13,15-16H,6-7,14H2,2-4H3,(H,31,32)(H2,28,29,30). The Labute approximate surface area is 210 Å². The first-order chi connectivity index (χ1) is 17.2. The van der Waals surface area contributed by atoms with Crippen molar-refractivity contribution in [1.82, 2.24) is 9.71 Å². The van der Waals surface area contributed by atoms with E-state index in [1.54, 1.807) is 50.2 Å². The molecule has 1 amide bonds. The molecule has 0 aliphatic rings. The number of rotatable bonds is 10. The van der Waals surface area contributed by atoms with Crippen LogP contribution in [0.3, 0.4) is 0 Å². The van der Waals surface area contributed by atoms with Gasteiger partial charge in [0.15, 0.2) is 11.6 Å². The van der Waals surface area contributed by atoms with Crippen molar-refractivity contribution in [2.24, 2.45) is 0 Å². The second kappa shape index (κ2) is 11.6. The summed E-state index contributed by atoms with van der Waals surface area (Å²) in [5.74, 6) is 2.17. The minimum absolute atomic E-state index is 0.0119. The van der Waals surface area contributed by atoms with Crippen molar-refractivity contribution >= 4 is 38.9 Å². The smallest absolute Gasteiger partial charge is 0.264 e. The number of anilines is 4. The maximum atomic E-state index is 14.8. The molecule has 8 nitrogen and oxygen atoms in total. The zero-order chi connectivity index (χ0) is 26.3. The van der Waals surface area contributed by atoms with Crippen LogP contribution in [0.2, 0.25) is 0 Å². The van der Waals surface area contributed by atoms with Crippen LogP contribution in [0.25, 0.3) is 0 Å². The lowest BCUT2D eigenvalue weighted by Gasteiger charge is -2.16.